The van der Waals surface area contributed by atoms with Crippen LogP contribution in [0.1, 0.15) is 16.7 Å². The first kappa shape index (κ1) is 16.6. The minimum atomic E-state index is -1.12. The quantitative estimate of drug-likeness (QED) is 0.581. The molecule has 0 atom stereocenters. The van der Waals surface area contributed by atoms with Crippen molar-refractivity contribution in [1.29, 1.82) is 0 Å². The zero-order valence-electron chi connectivity index (χ0n) is 11.1. The van der Waals surface area contributed by atoms with Gasteiger partial charge < -0.3 is 5.11 Å². The fraction of sp³-hybridized carbons (Fsp3) is 0.0526. The third-order valence-corrected chi connectivity index (χ3v) is 3.57. The first-order valence-electron chi connectivity index (χ1n) is 6.71. The molecule has 0 unspecified atom stereocenters. The summed E-state index contributed by atoms with van der Waals surface area (Å²) in [7, 11) is 0. The van der Waals surface area contributed by atoms with Gasteiger partial charge in [-0.2, -0.15) is 0 Å². The van der Waals surface area contributed by atoms with Gasteiger partial charge >= 0.3 is 51.4 Å². The Morgan fingerprint density at radius 3 is 0.952 bits per heavy atom. The second-order valence-electron chi connectivity index (χ2n) is 4.81. The van der Waals surface area contributed by atoms with E-state index in [-0.39, 0.29) is 51.4 Å². The van der Waals surface area contributed by atoms with Crippen LogP contribution in [0.5, 0.6) is 0 Å². The third-order valence-electron chi connectivity index (χ3n) is 3.57. The molecule has 0 aliphatic heterocycles. The van der Waals surface area contributed by atoms with E-state index in [1.807, 2.05) is 91.0 Å². The fourth-order valence-corrected chi connectivity index (χ4v) is 2.54. The molecule has 0 aromatic heterocycles. The maximum atomic E-state index is 11.4. The summed E-state index contributed by atoms with van der Waals surface area (Å²) in [6, 6.07) is 29.3. The predicted molar refractivity (Wildman–Crippen MR) is 88.6 cm³/mol. The number of benzene rings is 3. The molecular formula is C19H17KO. The second kappa shape index (κ2) is 7.50. The molecule has 0 amide bonds. The average molecular weight is 300 g/mol. The van der Waals surface area contributed by atoms with Crippen LogP contribution in [0.2, 0.25) is 0 Å². The normalized spacial score (nSPS) is 10.7. The summed E-state index contributed by atoms with van der Waals surface area (Å²) in [6.07, 6.45) is 0. The number of rotatable bonds is 3. The van der Waals surface area contributed by atoms with Gasteiger partial charge in [-0.15, -0.1) is 0 Å². The molecule has 0 spiro atoms. The molecule has 0 saturated heterocycles. The van der Waals surface area contributed by atoms with Crippen LogP contribution in [0.15, 0.2) is 91.0 Å². The van der Waals surface area contributed by atoms with Crippen molar-refractivity contribution < 1.29 is 5.11 Å². The molecule has 0 aliphatic carbocycles. The molecule has 0 heterocycles. The Labute approximate surface area is 168 Å². The Bertz CT molecular complexity index is 569. The van der Waals surface area contributed by atoms with Crippen LogP contribution in [0.3, 0.4) is 0 Å². The van der Waals surface area contributed by atoms with E-state index < -0.39 is 5.60 Å². The number of hydrogen-bond acceptors (Lipinski definition) is 1. The second-order valence-corrected chi connectivity index (χ2v) is 4.81. The molecule has 1 N–H and O–H groups in total. The van der Waals surface area contributed by atoms with Crippen LogP contribution in [0.4, 0.5) is 0 Å². The summed E-state index contributed by atoms with van der Waals surface area (Å²) in [6.45, 7) is 0. The molecule has 3 rings (SSSR count). The van der Waals surface area contributed by atoms with Gasteiger partial charge in [-0.05, 0) is 16.7 Å². The summed E-state index contributed by atoms with van der Waals surface area (Å²) in [4.78, 5) is 0. The Morgan fingerprint density at radius 1 is 0.476 bits per heavy atom. The van der Waals surface area contributed by atoms with Crippen LogP contribution < -0.4 is 0 Å². The Hall–Kier alpha value is -0.744. The van der Waals surface area contributed by atoms with Crippen molar-refractivity contribution in [1.82, 2.24) is 0 Å². The summed E-state index contributed by atoms with van der Waals surface area (Å²) in [5, 5.41) is 11.4. The predicted octanol–water partition coefficient (Wildman–Crippen LogP) is 3.32. The van der Waals surface area contributed by atoms with Crippen molar-refractivity contribution >= 4 is 51.4 Å². The van der Waals surface area contributed by atoms with E-state index in [1.165, 1.54) is 0 Å². The molecule has 3 aromatic rings. The average Bonchev–Trinajstić information content (AvgIpc) is 2.56. The molecule has 0 bridgehead atoms. The molecule has 100 valence electrons. The van der Waals surface area contributed by atoms with Crippen molar-refractivity contribution in [2.45, 2.75) is 5.60 Å². The van der Waals surface area contributed by atoms with E-state index in [9.17, 15) is 5.11 Å². The SMILES string of the molecule is OC(c1ccccc1)(c1ccccc1)c1ccccc1.[KH]. The monoisotopic (exact) mass is 300 g/mol. The van der Waals surface area contributed by atoms with Gasteiger partial charge in [-0.3, -0.25) is 0 Å². The summed E-state index contributed by atoms with van der Waals surface area (Å²) in [5.74, 6) is 0. The molecule has 0 radical (unpaired) electrons. The molecule has 0 aliphatic rings. The topological polar surface area (TPSA) is 20.2 Å². The van der Waals surface area contributed by atoms with Gasteiger partial charge in [0.15, 0.2) is 0 Å². The first-order valence-corrected chi connectivity index (χ1v) is 6.71. The van der Waals surface area contributed by atoms with E-state index in [0.717, 1.165) is 16.7 Å². The van der Waals surface area contributed by atoms with Crippen molar-refractivity contribution in [3.8, 4) is 0 Å². The third kappa shape index (κ3) is 3.37. The summed E-state index contributed by atoms with van der Waals surface area (Å²) in [5.41, 5.74) is 1.50. The van der Waals surface area contributed by atoms with Crippen molar-refractivity contribution in [3.63, 3.8) is 0 Å². The van der Waals surface area contributed by atoms with E-state index in [1.54, 1.807) is 0 Å². The molecule has 2 heteroatoms. The summed E-state index contributed by atoms with van der Waals surface area (Å²) < 4.78 is 0. The fourth-order valence-electron chi connectivity index (χ4n) is 2.54. The van der Waals surface area contributed by atoms with E-state index in [0.29, 0.717) is 0 Å². The zero-order chi connectivity index (χ0) is 13.8. The van der Waals surface area contributed by atoms with Crippen molar-refractivity contribution in [2.24, 2.45) is 0 Å². The van der Waals surface area contributed by atoms with Gasteiger partial charge in [0.1, 0.15) is 5.60 Å². The van der Waals surface area contributed by atoms with Gasteiger partial charge in [0.25, 0.3) is 0 Å². The Balaban J connectivity index is 0.00000161. The minimum absolute atomic E-state index is 0. The van der Waals surface area contributed by atoms with Crippen LogP contribution in [0, 0.1) is 0 Å². The zero-order valence-corrected chi connectivity index (χ0v) is 11.1. The van der Waals surface area contributed by atoms with Gasteiger partial charge in [0.2, 0.25) is 0 Å². The van der Waals surface area contributed by atoms with Crippen molar-refractivity contribution in [3.05, 3.63) is 108 Å². The Morgan fingerprint density at radius 2 is 0.714 bits per heavy atom. The van der Waals surface area contributed by atoms with Crippen LogP contribution >= 0.6 is 0 Å². The Kier molecular flexibility index (Phi) is 5.94. The van der Waals surface area contributed by atoms with Crippen LogP contribution in [-0.2, 0) is 5.60 Å². The van der Waals surface area contributed by atoms with Gasteiger partial charge in [0.05, 0.1) is 0 Å². The van der Waals surface area contributed by atoms with Crippen LogP contribution in [0.25, 0.3) is 0 Å². The maximum absolute atomic E-state index is 11.4. The van der Waals surface area contributed by atoms with E-state index in [4.69, 9.17) is 0 Å². The molecular weight excluding hydrogens is 283 g/mol. The standard InChI is InChI=1S/C19H16O.K.H/c20-19(16-10-4-1-5-11-16,17-12-6-2-7-13-17)18-14-8-3-9-15-18;;/h1-15,20H;;. The van der Waals surface area contributed by atoms with Gasteiger partial charge in [-0.25, -0.2) is 0 Å². The molecule has 3 aromatic carbocycles. The first-order chi connectivity index (χ1) is 9.82. The van der Waals surface area contributed by atoms with E-state index >= 15 is 0 Å². The molecule has 1 nitrogen and oxygen atoms in total. The number of aliphatic hydroxyl groups is 1. The van der Waals surface area contributed by atoms with E-state index in [2.05, 4.69) is 0 Å². The van der Waals surface area contributed by atoms with Gasteiger partial charge in [-0.1, -0.05) is 91.0 Å². The van der Waals surface area contributed by atoms with Crippen molar-refractivity contribution in [2.75, 3.05) is 0 Å². The van der Waals surface area contributed by atoms with Crippen LogP contribution in [-0.4, -0.2) is 56.5 Å². The molecule has 21 heavy (non-hydrogen) atoms. The summed E-state index contributed by atoms with van der Waals surface area (Å²) >= 11 is 0. The molecule has 0 saturated carbocycles. The molecule has 0 fully saturated rings. The number of hydrogen-bond donors (Lipinski definition) is 1. The van der Waals surface area contributed by atoms with Gasteiger partial charge in [0, 0.05) is 0 Å².